The van der Waals surface area contributed by atoms with Crippen molar-refractivity contribution in [1.29, 1.82) is 0 Å². The van der Waals surface area contributed by atoms with Gasteiger partial charge in [0.2, 0.25) is 0 Å². The second kappa shape index (κ2) is 6.60. The molecule has 3 aromatic rings. The zero-order valence-electron chi connectivity index (χ0n) is 13.7. The van der Waals surface area contributed by atoms with Gasteiger partial charge in [0.15, 0.2) is 0 Å². The molecular formula is C22H21Cl. The van der Waals surface area contributed by atoms with Crippen LogP contribution in [0.15, 0.2) is 61.2 Å². The average molecular weight is 321 g/mol. The molecule has 0 nitrogen and oxygen atoms in total. The fraction of sp³-hybridized carbons (Fsp3) is 0.182. The van der Waals surface area contributed by atoms with Gasteiger partial charge in [-0.15, -0.1) is 0 Å². The van der Waals surface area contributed by atoms with E-state index in [0.29, 0.717) is 0 Å². The maximum absolute atomic E-state index is 6.47. The third-order valence-corrected chi connectivity index (χ3v) is 4.81. The smallest absolute Gasteiger partial charge is 0.0444 e. The van der Waals surface area contributed by atoms with E-state index in [1.165, 1.54) is 27.5 Å². The van der Waals surface area contributed by atoms with Crippen LogP contribution >= 0.6 is 11.6 Å². The van der Waals surface area contributed by atoms with Crippen molar-refractivity contribution in [3.63, 3.8) is 0 Å². The number of hydrogen-bond acceptors (Lipinski definition) is 0. The fourth-order valence-corrected chi connectivity index (χ4v) is 3.43. The first-order valence-corrected chi connectivity index (χ1v) is 8.41. The Balaban J connectivity index is 1.98. The SMILES string of the molecule is C=C(Cc1cc(CC)c(C)cc1Cl)c1cccc2ccccc12. The maximum Gasteiger partial charge on any atom is 0.0444 e. The Morgan fingerprint density at radius 1 is 1.00 bits per heavy atom. The summed E-state index contributed by atoms with van der Waals surface area (Å²) in [6.45, 7) is 8.63. The summed E-state index contributed by atoms with van der Waals surface area (Å²) in [5, 5.41) is 3.33. The van der Waals surface area contributed by atoms with E-state index in [1.807, 2.05) is 0 Å². The lowest BCUT2D eigenvalue weighted by molar-refractivity contribution is 1.09. The Bertz CT molecular complexity index is 869. The van der Waals surface area contributed by atoms with Crippen LogP contribution in [0.1, 0.15) is 29.2 Å². The molecule has 0 radical (unpaired) electrons. The van der Waals surface area contributed by atoms with Gasteiger partial charge in [0, 0.05) is 5.02 Å². The van der Waals surface area contributed by atoms with Crippen molar-refractivity contribution in [2.75, 3.05) is 0 Å². The van der Waals surface area contributed by atoms with Gasteiger partial charge in [0.05, 0.1) is 0 Å². The Kier molecular flexibility index (Phi) is 4.54. The highest BCUT2D eigenvalue weighted by atomic mass is 35.5. The summed E-state index contributed by atoms with van der Waals surface area (Å²) in [4.78, 5) is 0. The van der Waals surface area contributed by atoms with Gasteiger partial charge in [0.1, 0.15) is 0 Å². The van der Waals surface area contributed by atoms with Crippen molar-refractivity contribution in [1.82, 2.24) is 0 Å². The van der Waals surface area contributed by atoms with Gasteiger partial charge in [-0.1, -0.05) is 73.6 Å². The zero-order valence-corrected chi connectivity index (χ0v) is 14.5. The first-order chi connectivity index (χ1) is 11.1. The largest absolute Gasteiger partial charge is 0.0949 e. The monoisotopic (exact) mass is 320 g/mol. The van der Waals surface area contributed by atoms with Crippen LogP contribution in [-0.4, -0.2) is 0 Å². The average Bonchev–Trinajstić information content (AvgIpc) is 2.56. The minimum Gasteiger partial charge on any atom is -0.0949 e. The molecule has 0 heterocycles. The molecule has 0 aliphatic carbocycles. The highest BCUT2D eigenvalue weighted by Gasteiger charge is 2.10. The van der Waals surface area contributed by atoms with Crippen LogP contribution in [0.5, 0.6) is 0 Å². The molecule has 0 saturated heterocycles. The summed E-state index contributed by atoms with van der Waals surface area (Å²) in [5.74, 6) is 0. The molecule has 0 saturated carbocycles. The molecule has 0 amide bonds. The first-order valence-electron chi connectivity index (χ1n) is 8.04. The fourth-order valence-electron chi connectivity index (χ4n) is 3.14. The molecule has 0 fully saturated rings. The normalized spacial score (nSPS) is 10.9. The molecular weight excluding hydrogens is 300 g/mol. The lowest BCUT2D eigenvalue weighted by atomic mass is 9.93. The van der Waals surface area contributed by atoms with E-state index in [-0.39, 0.29) is 0 Å². The van der Waals surface area contributed by atoms with Crippen LogP contribution in [0.2, 0.25) is 5.02 Å². The standard InChI is InChI=1S/C22H21Cl/c1-4-17-14-19(22(23)13-15(17)2)12-16(3)20-11-7-9-18-8-5-6-10-21(18)20/h5-11,13-14H,3-4,12H2,1-2H3. The number of aryl methyl sites for hydroxylation is 2. The lowest BCUT2D eigenvalue weighted by Crippen LogP contribution is -1.96. The summed E-state index contributed by atoms with van der Waals surface area (Å²) in [5.41, 5.74) is 6.09. The van der Waals surface area contributed by atoms with Gasteiger partial charge in [-0.05, 0) is 64.4 Å². The van der Waals surface area contributed by atoms with E-state index in [4.69, 9.17) is 11.6 Å². The van der Waals surface area contributed by atoms with Gasteiger partial charge in [-0.25, -0.2) is 0 Å². The minimum atomic E-state index is 0.778. The number of hydrogen-bond donors (Lipinski definition) is 0. The van der Waals surface area contributed by atoms with Gasteiger partial charge in [-0.3, -0.25) is 0 Å². The molecule has 0 aromatic heterocycles. The second-order valence-electron chi connectivity index (χ2n) is 6.03. The van der Waals surface area contributed by atoms with Gasteiger partial charge >= 0.3 is 0 Å². The van der Waals surface area contributed by atoms with Crippen molar-refractivity contribution in [3.8, 4) is 0 Å². The van der Waals surface area contributed by atoms with Crippen molar-refractivity contribution in [2.24, 2.45) is 0 Å². The number of halogens is 1. The second-order valence-corrected chi connectivity index (χ2v) is 6.44. The van der Waals surface area contributed by atoms with Crippen molar-refractivity contribution < 1.29 is 0 Å². The number of rotatable bonds is 4. The summed E-state index contributed by atoms with van der Waals surface area (Å²) in [7, 11) is 0. The molecule has 0 aliphatic heterocycles. The van der Waals surface area contributed by atoms with Crippen LogP contribution in [0.4, 0.5) is 0 Å². The Morgan fingerprint density at radius 2 is 1.74 bits per heavy atom. The number of allylic oxidation sites excluding steroid dienone is 1. The Labute approximate surface area is 143 Å². The lowest BCUT2D eigenvalue weighted by Gasteiger charge is -2.13. The Morgan fingerprint density at radius 3 is 2.52 bits per heavy atom. The summed E-state index contributed by atoms with van der Waals surface area (Å²) < 4.78 is 0. The predicted octanol–water partition coefficient (Wildman–Crippen LogP) is 6.62. The van der Waals surface area contributed by atoms with Gasteiger partial charge in [0.25, 0.3) is 0 Å². The van der Waals surface area contributed by atoms with Crippen molar-refractivity contribution in [3.05, 3.63) is 88.5 Å². The molecule has 23 heavy (non-hydrogen) atoms. The van der Waals surface area contributed by atoms with Crippen LogP contribution in [0, 0.1) is 6.92 Å². The molecule has 0 spiro atoms. The van der Waals surface area contributed by atoms with Crippen molar-refractivity contribution >= 4 is 27.9 Å². The molecule has 3 rings (SSSR count). The summed E-state index contributed by atoms with van der Waals surface area (Å²) >= 11 is 6.47. The van der Waals surface area contributed by atoms with Crippen LogP contribution < -0.4 is 0 Å². The van der Waals surface area contributed by atoms with E-state index in [2.05, 4.69) is 75.0 Å². The van der Waals surface area contributed by atoms with Crippen molar-refractivity contribution in [2.45, 2.75) is 26.7 Å². The van der Waals surface area contributed by atoms with E-state index in [0.717, 1.165) is 29.0 Å². The van der Waals surface area contributed by atoms with Crippen LogP contribution in [-0.2, 0) is 12.8 Å². The van der Waals surface area contributed by atoms with Crippen LogP contribution in [0.25, 0.3) is 16.3 Å². The molecule has 3 aromatic carbocycles. The minimum absolute atomic E-state index is 0.778. The molecule has 116 valence electrons. The molecule has 0 atom stereocenters. The highest BCUT2D eigenvalue weighted by molar-refractivity contribution is 6.31. The number of fused-ring (bicyclic) bond motifs is 1. The first kappa shape index (κ1) is 15.8. The highest BCUT2D eigenvalue weighted by Crippen LogP contribution is 2.30. The topological polar surface area (TPSA) is 0 Å². The van der Waals surface area contributed by atoms with E-state index >= 15 is 0 Å². The third-order valence-electron chi connectivity index (χ3n) is 4.46. The van der Waals surface area contributed by atoms with Gasteiger partial charge in [-0.2, -0.15) is 0 Å². The summed E-state index contributed by atoms with van der Waals surface area (Å²) in [6.07, 6.45) is 1.80. The quantitative estimate of drug-likeness (QED) is 0.506. The molecule has 1 heteroatoms. The molecule has 0 bridgehead atoms. The Hall–Kier alpha value is -2.05. The summed E-state index contributed by atoms with van der Waals surface area (Å²) in [6, 6.07) is 19.1. The number of benzene rings is 3. The zero-order chi connectivity index (χ0) is 16.4. The molecule has 0 aliphatic rings. The van der Waals surface area contributed by atoms with Crippen LogP contribution in [0.3, 0.4) is 0 Å². The van der Waals surface area contributed by atoms with E-state index in [1.54, 1.807) is 0 Å². The third kappa shape index (κ3) is 3.18. The van der Waals surface area contributed by atoms with E-state index < -0.39 is 0 Å². The predicted molar refractivity (Wildman–Crippen MR) is 102 cm³/mol. The maximum atomic E-state index is 6.47. The van der Waals surface area contributed by atoms with Gasteiger partial charge < -0.3 is 0 Å². The molecule has 0 N–H and O–H groups in total. The van der Waals surface area contributed by atoms with E-state index in [9.17, 15) is 0 Å². The molecule has 0 unspecified atom stereocenters.